The number of nitrogens with one attached hydrogen (secondary N) is 2. The lowest BCUT2D eigenvalue weighted by atomic mass is 10.2. The van der Waals surface area contributed by atoms with Gasteiger partial charge in [-0.1, -0.05) is 13.0 Å². The van der Waals surface area contributed by atoms with Crippen molar-refractivity contribution in [2.75, 3.05) is 25.0 Å². The van der Waals surface area contributed by atoms with E-state index in [0.717, 1.165) is 6.54 Å². The van der Waals surface area contributed by atoms with Crippen LogP contribution in [0.15, 0.2) is 24.3 Å². The summed E-state index contributed by atoms with van der Waals surface area (Å²) in [5.41, 5.74) is 1.04. The number of amides is 1. The molecular weight excluding hydrogens is 244 g/mol. The van der Waals surface area contributed by atoms with Crippen molar-refractivity contribution in [2.24, 2.45) is 0 Å². The second kappa shape index (κ2) is 8.26. The summed E-state index contributed by atoms with van der Waals surface area (Å²) in [4.78, 5) is 23.2. The number of anilines is 1. The Morgan fingerprint density at radius 1 is 1.26 bits per heavy atom. The molecule has 5 heteroatoms. The van der Waals surface area contributed by atoms with Gasteiger partial charge in [-0.3, -0.25) is 4.79 Å². The molecule has 1 amide bonds. The second-order valence-corrected chi connectivity index (χ2v) is 3.95. The lowest BCUT2D eigenvalue weighted by Crippen LogP contribution is -2.21. The number of benzene rings is 1. The first kappa shape index (κ1) is 15.2. The van der Waals surface area contributed by atoms with Crippen LogP contribution in [0.5, 0.6) is 0 Å². The van der Waals surface area contributed by atoms with Crippen molar-refractivity contribution in [3.63, 3.8) is 0 Å². The van der Waals surface area contributed by atoms with E-state index in [-0.39, 0.29) is 11.9 Å². The van der Waals surface area contributed by atoms with Crippen LogP contribution in [-0.4, -0.2) is 31.6 Å². The fourth-order valence-corrected chi connectivity index (χ4v) is 1.54. The smallest absolute Gasteiger partial charge is 0.338 e. The summed E-state index contributed by atoms with van der Waals surface area (Å²) in [5, 5.41) is 5.83. The predicted octanol–water partition coefficient (Wildman–Crippen LogP) is 1.80. The van der Waals surface area contributed by atoms with Crippen molar-refractivity contribution < 1.29 is 14.3 Å². The molecule has 1 aromatic rings. The van der Waals surface area contributed by atoms with Crippen LogP contribution in [0, 0.1) is 0 Å². The van der Waals surface area contributed by atoms with Crippen LogP contribution in [0.3, 0.4) is 0 Å². The summed E-state index contributed by atoms with van der Waals surface area (Å²) in [6.45, 7) is 5.55. The summed E-state index contributed by atoms with van der Waals surface area (Å²) >= 11 is 0. The molecule has 0 radical (unpaired) electrons. The van der Waals surface area contributed by atoms with Gasteiger partial charge < -0.3 is 15.4 Å². The first-order valence-electron chi connectivity index (χ1n) is 6.45. The molecule has 104 valence electrons. The van der Waals surface area contributed by atoms with Crippen molar-refractivity contribution in [2.45, 2.75) is 20.3 Å². The minimum atomic E-state index is -0.383. The van der Waals surface area contributed by atoms with Gasteiger partial charge >= 0.3 is 5.97 Å². The van der Waals surface area contributed by atoms with E-state index in [2.05, 4.69) is 10.6 Å². The Morgan fingerprint density at radius 3 is 2.74 bits per heavy atom. The molecule has 1 rings (SSSR count). The van der Waals surface area contributed by atoms with E-state index >= 15 is 0 Å². The van der Waals surface area contributed by atoms with Crippen LogP contribution in [0.25, 0.3) is 0 Å². The lowest BCUT2D eigenvalue weighted by Gasteiger charge is -2.07. The maximum absolute atomic E-state index is 11.6. The van der Waals surface area contributed by atoms with Crippen molar-refractivity contribution in [1.29, 1.82) is 0 Å². The lowest BCUT2D eigenvalue weighted by molar-refractivity contribution is -0.116. The minimum Gasteiger partial charge on any atom is -0.462 e. The molecule has 0 unspecified atom stereocenters. The summed E-state index contributed by atoms with van der Waals surface area (Å²) in [6.07, 6.45) is 0.400. The highest BCUT2D eigenvalue weighted by molar-refractivity contribution is 5.94. The Morgan fingerprint density at radius 2 is 2.05 bits per heavy atom. The van der Waals surface area contributed by atoms with Gasteiger partial charge in [-0.15, -0.1) is 0 Å². The third-order valence-corrected chi connectivity index (χ3v) is 2.44. The zero-order chi connectivity index (χ0) is 14.1. The fraction of sp³-hybridized carbons (Fsp3) is 0.429. The summed E-state index contributed by atoms with van der Waals surface area (Å²) in [5.74, 6) is -0.465. The Kier molecular flexibility index (Phi) is 6.60. The van der Waals surface area contributed by atoms with Crippen molar-refractivity contribution in [3.8, 4) is 0 Å². The molecule has 0 atom stereocenters. The fourth-order valence-electron chi connectivity index (χ4n) is 1.54. The van der Waals surface area contributed by atoms with Crippen LogP contribution in [-0.2, 0) is 9.53 Å². The molecule has 0 spiro atoms. The van der Waals surface area contributed by atoms with Crippen molar-refractivity contribution >= 4 is 17.6 Å². The van der Waals surface area contributed by atoms with Gasteiger partial charge in [0.25, 0.3) is 0 Å². The maximum atomic E-state index is 11.6. The van der Waals surface area contributed by atoms with Crippen LogP contribution in [0.4, 0.5) is 5.69 Å². The molecular formula is C14H20N2O3. The van der Waals surface area contributed by atoms with E-state index < -0.39 is 0 Å². The van der Waals surface area contributed by atoms with E-state index in [1.165, 1.54) is 0 Å². The normalized spacial score (nSPS) is 10.0. The number of ether oxygens (including phenoxy) is 1. The zero-order valence-electron chi connectivity index (χ0n) is 11.4. The van der Waals surface area contributed by atoms with Gasteiger partial charge in [-0.25, -0.2) is 4.79 Å². The van der Waals surface area contributed by atoms with E-state index in [9.17, 15) is 9.59 Å². The van der Waals surface area contributed by atoms with Gasteiger partial charge in [0, 0.05) is 18.7 Å². The van der Waals surface area contributed by atoms with Crippen LogP contribution < -0.4 is 10.6 Å². The van der Waals surface area contributed by atoms with Gasteiger partial charge in [0.1, 0.15) is 0 Å². The number of rotatable bonds is 7. The molecule has 5 nitrogen and oxygen atoms in total. The highest BCUT2D eigenvalue weighted by Gasteiger charge is 2.08. The number of hydrogen-bond acceptors (Lipinski definition) is 4. The molecule has 0 aliphatic heterocycles. The van der Waals surface area contributed by atoms with Gasteiger partial charge in [-0.05, 0) is 31.7 Å². The predicted molar refractivity (Wildman–Crippen MR) is 74.2 cm³/mol. The zero-order valence-corrected chi connectivity index (χ0v) is 11.4. The Hall–Kier alpha value is -1.88. The SMILES string of the molecule is CCNCCC(=O)Nc1cccc(C(=O)OCC)c1. The molecule has 1 aromatic carbocycles. The van der Waals surface area contributed by atoms with E-state index in [1.54, 1.807) is 31.2 Å². The quantitative estimate of drug-likeness (QED) is 0.582. The Bertz CT molecular complexity index is 432. The third-order valence-electron chi connectivity index (χ3n) is 2.44. The van der Waals surface area contributed by atoms with Gasteiger partial charge in [-0.2, -0.15) is 0 Å². The van der Waals surface area contributed by atoms with E-state index in [1.807, 2.05) is 6.92 Å². The molecule has 0 saturated carbocycles. The van der Waals surface area contributed by atoms with Crippen molar-refractivity contribution in [1.82, 2.24) is 5.32 Å². The molecule has 19 heavy (non-hydrogen) atoms. The van der Waals surface area contributed by atoms with Crippen LogP contribution >= 0.6 is 0 Å². The number of carbonyl (C=O) groups excluding carboxylic acids is 2. The minimum absolute atomic E-state index is 0.0815. The van der Waals surface area contributed by atoms with E-state index in [0.29, 0.717) is 30.8 Å². The average Bonchev–Trinajstić information content (AvgIpc) is 2.39. The summed E-state index contributed by atoms with van der Waals surface area (Å²) < 4.78 is 4.91. The molecule has 0 aromatic heterocycles. The van der Waals surface area contributed by atoms with Gasteiger partial charge in [0.15, 0.2) is 0 Å². The topological polar surface area (TPSA) is 67.4 Å². The largest absolute Gasteiger partial charge is 0.462 e. The van der Waals surface area contributed by atoms with Crippen LogP contribution in [0.2, 0.25) is 0 Å². The Balaban J connectivity index is 2.56. The van der Waals surface area contributed by atoms with Gasteiger partial charge in [0.05, 0.1) is 12.2 Å². The molecule has 0 bridgehead atoms. The third kappa shape index (κ3) is 5.52. The molecule has 0 saturated heterocycles. The van der Waals surface area contributed by atoms with Crippen LogP contribution in [0.1, 0.15) is 30.6 Å². The average molecular weight is 264 g/mol. The van der Waals surface area contributed by atoms with Crippen molar-refractivity contribution in [3.05, 3.63) is 29.8 Å². The standard InChI is InChI=1S/C14H20N2O3/c1-3-15-9-8-13(17)16-12-7-5-6-11(10-12)14(18)19-4-2/h5-7,10,15H,3-4,8-9H2,1-2H3,(H,16,17). The number of hydrogen-bond donors (Lipinski definition) is 2. The second-order valence-electron chi connectivity index (χ2n) is 3.95. The number of carbonyl (C=O) groups is 2. The molecule has 0 aliphatic rings. The molecule has 0 aliphatic carbocycles. The molecule has 0 heterocycles. The number of esters is 1. The summed E-state index contributed by atoms with van der Waals surface area (Å²) in [6, 6.07) is 6.73. The monoisotopic (exact) mass is 264 g/mol. The molecule has 2 N–H and O–H groups in total. The first-order valence-corrected chi connectivity index (χ1v) is 6.45. The highest BCUT2D eigenvalue weighted by Crippen LogP contribution is 2.12. The van der Waals surface area contributed by atoms with E-state index in [4.69, 9.17) is 4.74 Å². The highest BCUT2D eigenvalue weighted by atomic mass is 16.5. The van der Waals surface area contributed by atoms with Gasteiger partial charge in [0.2, 0.25) is 5.91 Å². The Labute approximate surface area is 113 Å². The first-order chi connectivity index (χ1) is 9.17. The summed E-state index contributed by atoms with van der Waals surface area (Å²) in [7, 11) is 0. The maximum Gasteiger partial charge on any atom is 0.338 e. The molecule has 0 fully saturated rings.